The van der Waals surface area contributed by atoms with Gasteiger partial charge in [-0.05, 0) is 43.0 Å². The van der Waals surface area contributed by atoms with E-state index in [2.05, 4.69) is 21.3 Å². The van der Waals surface area contributed by atoms with Crippen molar-refractivity contribution in [3.63, 3.8) is 0 Å². The van der Waals surface area contributed by atoms with E-state index in [0.717, 1.165) is 22.3 Å². The van der Waals surface area contributed by atoms with Crippen LogP contribution in [0.5, 0.6) is 0 Å². The molecule has 4 aromatic carbocycles. The number of hydrogen-bond donors (Lipinski definition) is 5. The number of esters is 2. The number of ether oxygens (including phenoxy) is 2. The third-order valence-electron chi connectivity index (χ3n) is 8.64. The van der Waals surface area contributed by atoms with Gasteiger partial charge >= 0.3 is 11.9 Å². The number of nitrogens with one attached hydrogen (secondary N) is 4. The summed E-state index contributed by atoms with van der Waals surface area (Å²) in [6.07, 6.45) is -0.924. The molecular formula is C43H49N5O8. The second-order valence-electron chi connectivity index (χ2n) is 14.1. The molecule has 13 heteroatoms. The van der Waals surface area contributed by atoms with Gasteiger partial charge in [0.1, 0.15) is 23.2 Å². The standard InChI is InChI=1S/C43H49N5O8/c1-42(2,3)56-38(51)27-34(40(53)47-35(41(54)55-4)25-29-17-9-5-10-18-29)46-37(50)28-45-39(52)33(44)26-36(49)48-43(30-19-11-6-12-20-30,31-21-13-7-14-22-31)32-23-15-8-16-24-32/h5-24,33-35H,25-28,44H2,1-4H3,(H,45,52)(H,46,50)(H,47,53)(H,48,49)/t33-,34-,35-/m0/s1. The molecule has 4 amide bonds. The van der Waals surface area contributed by atoms with Crippen molar-refractivity contribution in [1.82, 2.24) is 21.3 Å². The van der Waals surface area contributed by atoms with E-state index in [-0.39, 0.29) is 6.42 Å². The molecule has 0 aliphatic carbocycles. The van der Waals surface area contributed by atoms with Crippen LogP contribution in [0.4, 0.5) is 0 Å². The van der Waals surface area contributed by atoms with Crippen LogP contribution >= 0.6 is 0 Å². The SMILES string of the molecule is COC(=O)[C@H](Cc1ccccc1)NC(=O)[C@H](CC(=O)OC(C)(C)C)NC(=O)CNC(=O)[C@@H](N)CC(=O)NC(c1ccccc1)(c1ccccc1)c1ccccc1. The molecule has 0 bridgehead atoms. The Morgan fingerprint density at radius 2 is 1.11 bits per heavy atom. The van der Waals surface area contributed by atoms with Crippen molar-refractivity contribution in [1.29, 1.82) is 0 Å². The zero-order valence-corrected chi connectivity index (χ0v) is 32.0. The molecule has 0 spiro atoms. The number of methoxy groups -OCH3 is 1. The maximum Gasteiger partial charge on any atom is 0.328 e. The van der Waals surface area contributed by atoms with Gasteiger partial charge in [0.15, 0.2) is 0 Å². The molecular weight excluding hydrogens is 714 g/mol. The summed E-state index contributed by atoms with van der Waals surface area (Å²) in [4.78, 5) is 78.9. The van der Waals surface area contributed by atoms with Crippen molar-refractivity contribution in [2.75, 3.05) is 13.7 Å². The monoisotopic (exact) mass is 763 g/mol. The van der Waals surface area contributed by atoms with Crippen LogP contribution in [0.3, 0.4) is 0 Å². The van der Waals surface area contributed by atoms with E-state index in [1.807, 2.05) is 91.0 Å². The minimum absolute atomic E-state index is 0.0804. The van der Waals surface area contributed by atoms with Gasteiger partial charge in [-0.25, -0.2) is 4.79 Å². The van der Waals surface area contributed by atoms with Gasteiger partial charge in [0.05, 0.1) is 32.5 Å². The quantitative estimate of drug-likeness (QED) is 0.0794. The molecule has 0 heterocycles. The lowest BCUT2D eigenvalue weighted by molar-refractivity contribution is -0.156. The zero-order valence-electron chi connectivity index (χ0n) is 32.0. The molecule has 0 fully saturated rings. The number of rotatable bonds is 17. The topological polar surface area (TPSA) is 195 Å². The van der Waals surface area contributed by atoms with Gasteiger partial charge < -0.3 is 36.5 Å². The van der Waals surface area contributed by atoms with Crippen LogP contribution in [0.15, 0.2) is 121 Å². The Morgan fingerprint density at radius 3 is 1.57 bits per heavy atom. The van der Waals surface area contributed by atoms with Crippen LogP contribution in [-0.4, -0.2) is 72.9 Å². The van der Waals surface area contributed by atoms with E-state index in [9.17, 15) is 28.8 Å². The van der Waals surface area contributed by atoms with E-state index in [1.54, 1.807) is 51.1 Å². The molecule has 4 aromatic rings. The van der Waals surface area contributed by atoms with E-state index in [1.165, 1.54) is 7.11 Å². The average molecular weight is 764 g/mol. The summed E-state index contributed by atoms with van der Waals surface area (Å²) in [6, 6.07) is 33.2. The first-order chi connectivity index (χ1) is 26.7. The molecule has 0 aliphatic rings. The third kappa shape index (κ3) is 12.1. The Kier molecular flexibility index (Phi) is 15.0. The van der Waals surface area contributed by atoms with Gasteiger partial charge in [0.2, 0.25) is 23.6 Å². The summed E-state index contributed by atoms with van der Waals surface area (Å²) >= 11 is 0. The first-order valence-electron chi connectivity index (χ1n) is 18.2. The van der Waals surface area contributed by atoms with Crippen molar-refractivity contribution >= 4 is 35.6 Å². The Morgan fingerprint density at radius 1 is 0.625 bits per heavy atom. The van der Waals surface area contributed by atoms with Gasteiger partial charge in [-0.2, -0.15) is 0 Å². The van der Waals surface area contributed by atoms with E-state index in [4.69, 9.17) is 15.2 Å². The van der Waals surface area contributed by atoms with Gasteiger partial charge in [0.25, 0.3) is 0 Å². The Labute approximate surface area is 326 Å². The number of benzene rings is 4. The Bertz CT molecular complexity index is 1840. The van der Waals surface area contributed by atoms with Crippen LogP contribution in [-0.2, 0) is 50.2 Å². The fourth-order valence-electron chi connectivity index (χ4n) is 6.09. The Hall–Kier alpha value is -6.34. The number of amides is 4. The molecule has 0 aliphatic heterocycles. The lowest BCUT2D eigenvalue weighted by Gasteiger charge is -2.37. The van der Waals surface area contributed by atoms with Crippen LogP contribution in [0, 0.1) is 0 Å². The van der Waals surface area contributed by atoms with Gasteiger partial charge in [-0.1, -0.05) is 121 Å². The molecule has 56 heavy (non-hydrogen) atoms. The maximum atomic E-state index is 13.8. The van der Waals surface area contributed by atoms with Crippen LogP contribution < -0.4 is 27.0 Å². The molecule has 0 radical (unpaired) electrons. The highest BCUT2D eigenvalue weighted by Crippen LogP contribution is 2.36. The molecule has 0 unspecified atom stereocenters. The highest BCUT2D eigenvalue weighted by molar-refractivity contribution is 5.95. The molecule has 294 valence electrons. The van der Waals surface area contributed by atoms with Gasteiger partial charge in [-0.15, -0.1) is 0 Å². The predicted molar refractivity (Wildman–Crippen MR) is 209 cm³/mol. The smallest absolute Gasteiger partial charge is 0.328 e. The molecule has 4 rings (SSSR count). The summed E-state index contributed by atoms with van der Waals surface area (Å²) in [6.45, 7) is 4.31. The van der Waals surface area contributed by atoms with Gasteiger partial charge in [0, 0.05) is 6.42 Å². The lowest BCUT2D eigenvalue weighted by Crippen LogP contribution is -2.55. The largest absolute Gasteiger partial charge is 0.467 e. The summed E-state index contributed by atoms with van der Waals surface area (Å²) in [5.74, 6) is -4.55. The number of carbonyl (C=O) groups is 6. The minimum Gasteiger partial charge on any atom is -0.467 e. The fourth-order valence-corrected chi connectivity index (χ4v) is 6.09. The molecule has 0 saturated carbocycles. The van der Waals surface area contributed by atoms with Crippen molar-refractivity contribution in [3.8, 4) is 0 Å². The Balaban J connectivity index is 1.44. The summed E-state index contributed by atoms with van der Waals surface area (Å²) in [5.41, 5.74) is 7.26. The van der Waals surface area contributed by atoms with Crippen LogP contribution in [0.1, 0.15) is 55.9 Å². The molecule has 6 N–H and O–H groups in total. The van der Waals surface area contributed by atoms with E-state index in [0.29, 0.717) is 0 Å². The summed E-state index contributed by atoms with van der Waals surface area (Å²) in [5, 5.41) is 10.6. The first-order valence-corrected chi connectivity index (χ1v) is 18.2. The summed E-state index contributed by atoms with van der Waals surface area (Å²) in [7, 11) is 1.18. The lowest BCUT2D eigenvalue weighted by atomic mass is 9.77. The van der Waals surface area contributed by atoms with Crippen molar-refractivity contribution in [3.05, 3.63) is 144 Å². The predicted octanol–water partition coefficient (Wildman–Crippen LogP) is 3.05. The first kappa shape index (κ1) is 42.4. The number of carbonyl (C=O) groups excluding carboxylic acids is 6. The maximum absolute atomic E-state index is 13.8. The van der Waals surface area contributed by atoms with E-state index >= 15 is 0 Å². The third-order valence-corrected chi connectivity index (χ3v) is 8.64. The second kappa shape index (κ2) is 19.8. The highest BCUT2D eigenvalue weighted by Gasteiger charge is 2.38. The van der Waals surface area contributed by atoms with Crippen molar-refractivity contribution in [2.24, 2.45) is 5.73 Å². The van der Waals surface area contributed by atoms with Crippen molar-refractivity contribution < 1.29 is 38.2 Å². The molecule has 13 nitrogen and oxygen atoms in total. The van der Waals surface area contributed by atoms with Crippen LogP contribution in [0.25, 0.3) is 0 Å². The number of nitrogens with two attached hydrogens (primary N) is 1. The number of hydrogen-bond acceptors (Lipinski definition) is 9. The normalized spacial score (nSPS) is 12.9. The molecule has 0 aromatic heterocycles. The minimum atomic E-state index is -1.49. The van der Waals surface area contributed by atoms with Crippen LogP contribution in [0.2, 0.25) is 0 Å². The van der Waals surface area contributed by atoms with E-state index < -0.39 is 84.2 Å². The fraction of sp³-hybridized carbons (Fsp3) is 0.302. The zero-order chi connectivity index (χ0) is 40.7. The average Bonchev–Trinajstić information content (AvgIpc) is 3.18. The highest BCUT2D eigenvalue weighted by atomic mass is 16.6. The molecule has 3 atom stereocenters. The second-order valence-corrected chi connectivity index (χ2v) is 14.1. The van der Waals surface area contributed by atoms with Gasteiger partial charge in [-0.3, -0.25) is 24.0 Å². The summed E-state index contributed by atoms with van der Waals surface area (Å²) < 4.78 is 10.3. The molecule has 0 saturated heterocycles. The van der Waals surface area contributed by atoms with Crippen molar-refractivity contribution in [2.45, 2.75) is 69.3 Å².